The molecule has 0 unspecified atom stereocenters. The van der Waals surface area contributed by atoms with Gasteiger partial charge in [-0.2, -0.15) is 0 Å². The minimum absolute atomic E-state index is 0.352. The van der Waals surface area contributed by atoms with E-state index in [1.165, 1.54) is 4.88 Å². The van der Waals surface area contributed by atoms with Crippen LogP contribution in [0.1, 0.15) is 18.7 Å². The van der Waals surface area contributed by atoms with Crippen LogP contribution in [0.3, 0.4) is 0 Å². The van der Waals surface area contributed by atoms with E-state index in [0.717, 1.165) is 37.1 Å². The third-order valence-corrected chi connectivity index (χ3v) is 4.26. The lowest BCUT2D eigenvalue weighted by molar-refractivity contribution is -0.0674. The highest BCUT2D eigenvalue weighted by atomic mass is 35.5. The van der Waals surface area contributed by atoms with Gasteiger partial charge in [-0.05, 0) is 26.0 Å². The van der Waals surface area contributed by atoms with Gasteiger partial charge in [-0.1, -0.05) is 11.6 Å². The fourth-order valence-electron chi connectivity index (χ4n) is 2.36. The predicted molar refractivity (Wildman–Crippen MR) is 77.5 cm³/mol. The number of morpholine rings is 1. The third-order valence-electron chi connectivity index (χ3n) is 3.03. The molecule has 0 aliphatic carbocycles. The number of halogens is 1. The van der Waals surface area contributed by atoms with Gasteiger partial charge >= 0.3 is 0 Å². The minimum atomic E-state index is 0.352. The summed E-state index contributed by atoms with van der Waals surface area (Å²) in [5.74, 6) is 0. The first-order valence-electron chi connectivity index (χ1n) is 6.46. The van der Waals surface area contributed by atoms with Crippen molar-refractivity contribution in [3.63, 3.8) is 0 Å². The maximum absolute atomic E-state index is 5.90. The first-order chi connectivity index (χ1) is 8.63. The second-order valence-corrected chi connectivity index (χ2v) is 6.70. The molecule has 0 bridgehead atoms. The van der Waals surface area contributed by atoms with Crippen molar-refractivity contribution in [2.45, 2.75) is 32.6 Å². The number of hydrogen-bond acceptors (Lipinski definition) is 4. The first kappa shape index (κ1) is 14.3. The van der Waals surface area contributed by atoms with Gasteiger partial charge in [-0.3, -0.25) is 4.90 Å². The van der Waals surface area contributed by atoms with Crippen molar-refractivity contribution in [3.05, 3.63) is 21.3 Å². The lowest BCUT2D eigenvalue weighted by atomic mass is 10.2. The minimum Gasteiger partial charge on any atom is -0.373 e. The van der Waals surface area contributed by atoms with Crippen LogP contribution in [0, 0.1) is 0 Å². The van der Waals surface area contributed by atoms with Gasteiger partial charge in [0.15, 0.2) is 0 Å². The Morgan fingerprint density at radius 2 is 2.11 bits per heavy atom. The molecule has 1 fully saturated rings. The van der Waals surface area contributed by atoms with Gasteiger partial charge in [0.2, 0.25) is 0 Å². The summed E-state index contributed by atoms with van der Waals surface area (Å²) in [6.45, 7) is 9.36. The van der Waals surface area contributed by atoms with Gasteiger partial charge in [-0.25, -0.2) is 0 Å². The van der Waals surface area contributed by atoms with Crippen LogP contribution < -0.4 is 5.32 Å². The Labute approximate surface area is 118 Å². The fraction of sp³-hybridized carbons (Fsp3) is 0.692. The van der Waals surface area contributed by atoms with Gasteiger partial charge in [0.1, 0.15) is 0 Å². The molecule has 1 aromatic heterocycles. The van der Waals surface area contributed by atoms with E-state index in [1.807, 2.05) is 6.07 Å². The summed E-state index contributed by atoms with van der Waals surface area (Å²) < 4.78 is 6.58. The largest absolute Gasteiger partial charge is 0.373 e. The van der Waals surface area contributed by atoms with E-state index in [1.54, 1.807) is 11.3 Å². The lowest BCUT2D eigenvalue weighted by Crippen LogP contribution is -2.47. The average Bonchev–Trinajstić information content (AvgIpc) is 2.69. The molecular formula is C13H21ClN2OS. The smallest absolute Gasteiger partial charge is 0.0931 e. The SMILES string of the molecule is C[C@@H]1CN(CCNCc2ccc(Cl)s2)C[C@H](C)O1. The molecule has 1 aliphatic heterocycles. The second-order valence-electron chi connectivity index (χ2n) is 4.90. The van der Waals surface area contributed by atoms with E-state index in [9.17, 15) is 0 Å². The van der Waals surface area contributed by atoms with Gasteiger partial charge in [0.25, 0.3) is 0 Å². The van der Waals surface area contributed by atoms with E-state index in [2.05, 4.69) is 30.1 Å². The number of rotatable bonds is 5. The topological polar surface area (TPSA) is 24.5 Å². The van der Waals surface area contributed by atoms with Crippen molar-refractivity contribution < 1.29 is 4.74 Å². The quantitative estimate of drug-likeness (QED) is 0.843. The van der Waals surface area contributed by atoms with Crippen molar-refractivity contribution in [1.82, 2.24) is 10.2 Å². The molecule has 1 saturated heterocycles. The molecule has 1 aliphatic rings. The van der Waals surface area contributed by atoms with E-state index < -0.39 is 0 Å². The molecule has 1 N–H and O–H groups in total. The Morgan fingerprint density at radius 1 is 1.39 bits per heavy atom. The Balaban J connectivity index is 1.63. The molecule has 0 radical (unpaired) electrons. The monoisotopic (exact) mass is 288 g/mol. The Hall–Kier alpha value is -0.130. The Bertz CT molecular complexity index is 362. The van der Waals surface area contributed by atoms with Gasteiger partial charge < -0.3 is 10.1 Å². The molecule has 3 nitrogen and oxygen atoms in total. The summed E-state index contributed by atoms with van der Waals surface area (Å²) in [6.07, 6.45) is 0.703. The maximum atomic E-state index is 5.90. The number of nitrogens with one attached hydrogen (secondary N) is 1. The fourth-order valence-corrected chi connectivity index (χ4v) is 3.42. The maximum Gasteiger partial charge on any atom is 0.0931 e. The highest BCUT2D eigenvalue weighted by Gasteiger charge is 2.21. The molecule has 1 aromatic rings. The van der Waals surface area contributed by atoms with E-state index in [4.69, 9.17) is 16.3 Å². The van der Waals surface area contributed by atoms with Crippen LogP contribution in [0.25, 0.3) is 0 Å². The summed E-state index contributed by atoms with van der Waals surface area (Å²) in [5.41, 5.74) is 0. The number of ether oxygens (including phenoxy) is 1. The molecule has 0 saturated carbocycles. The molecule has 0 amide bonds. The van der Waals surface area contributed by atoms with E-state index in [0.29, 0.717) is 12.2 Å². The molecule has 102 valence electrons. The summed E-state index contributed by atoms with van der Waals surface area (Å²) in [6, 6.07) is 4.04. The van der Waals surface area contributed by atoms with Gasteiger partial charge in [0.05, 0.1) is 16.5 Å². The normalized spacial score (nSPS) is 25.5. The standard InChI is InChI=1S/C13H21ClN2OS/c1-10-8-16(9-11(2)17-10)6-5-15-7-12-3-4-13(14)18-12/h3-4,10-11,15H,5-9H2,1-2H3/t10-,11+. The van der Waals surface area contributed by atoms with Crippen LogP contribution in [-0.2, 0) is 11.3 Å². The van der Waals surface area contributed by atoms with Crippen molar-refractivity contribution in [2.75, 3.05) is 26.2 Å². The molecule has 5 heteroatoms. The lowest BCUT2D eigenvalue weighted by Gasteiger charge is -2.35. The van der Waals surface area contributed by atoms with Gasteiger partial charge in [-0.15, -0.1) is 11.3 Å². The number of hydrogen-bond donors (Lipinski definition) is 1. The summed E-state index contributed by atoms with van der Waals surface area (Å²) in [7, 11) is 0. The Morgan fingerprint density at radius 3 is 2.72 bits per heavy atom. The molecule has 2 rings (SSSR count). The van der Waals surface area contributed by atoms with Crippen LogP contribution in [-0.4, -0.2) is 43.3 Å². The zero-order valence-electron chi connectivity index (χ0n) is 11.0. The molecule has 0 aromatic carbocycles. The Kier molecular flexibility index (Phi) is 5.45. The zero-order valence-corrected chi connectivity index (χ0v) is 12.6. The summed E-state index contributed by atoms with van der Waals surface area (Å²) in [4.78, 5) is 3.76. The number of nitrogens with zero attached hydrogens (tertiary/aromatic N) is 1. The van der Waals surface area contributed by atoms with Crippen LogP contribution in [0.15, 0.2) is 12.1 Å². The molecule has 0 spiro atoms. The average molecular weight is 289 g/mol. The number of thiophene rings is 1. The molecule has 2 heterocycles. The van der Waals surface area contributed by atoms with Crippen LogP contribution in [0.4, 0.5) is 0 Å². The molecule has 18 heavy (non-hydrogen) atoms. The molecule has 2 atom stereocenters. The van der Waals surface area contributed by atoms with Crippen molar-refractivity contribution in [3.8, 4) is 0 Å². The van der Waals surface area contributed by atoms with Gasteiger partial charge in [0, 0.05) is 37.6 Å². The third kappa shape index (κ3) is 4.52. The van der Waals surface area contributed by atoms with Crippen LogP contribution >= 0.6 is 22.9 Å². The summed E-state index contributed by atoms with van der Waals surface area (Å²) in [5, 5.41) is 3.46. The predicted octanol–water partition coefficient (Wildman–Crippen LogP) is 2.60. The van der Waals surface area contributed by atoms with E-state index in [-0.39, 0.29) is 0 Å². The highest BCUT2D eigenvalue weighted by Crippen LogP contribution is 2.20. The summed E-state index contributed by atoms with van der Waals surface area (Å²) >= 11 is 7.54. The highest BCUT2D eigenvalue weighted by molar-refractivity contribution is 7.16. The molecular weight excluding hydrogens is 268 g/mol. The van der Waals surface area contributed by atoms with Crippen molar-refractivity contribution in [2.24, 2.45) is 0 Å². The first-order valence-corrected chi connectivity index (χ1v) is 7.65. The zero-order chi connectivity index (χ0) is 13.0. The van der Waals surface area contributed by atoms with Crippen molar-refractivity contribution >= 4 is 22.9 Å². The van der Waals surface area contributed by atoms with Crippen LogP contribution in [0.5, 0.6) is 0 Å². The van der Waals surface area contributed by atoms with E-state index >= 15 is 0 Å². The van der Waals surface area contributed by atoms with Crippen molar-refractivity contribution in [1.29, 1.82) is 0 Å². The second kappa shape index (κ2) is 6.87. The van der Waals surface area contributed by atoms with Crippen LogP contribution in [0.2, 0.25) is 4.34 Å².